The van der Waals surface area contributed by atoms with Crippen molar-refractivity contribution in [3.63, 3.8) is 0 Å². The first-order valence-electron chi connectivity index (χ1n) is 15.8. The minimum atomic E-state index is -0.0442. The average molecular weight is 481 g/mol. The van der Waals surface area contributed by atoms with E-state index in [1.54, 1.807) is 6.42 Å². The Hall–Kier alpha value is -0.0800. The molecular formula is C32H64O2. The van der Waals surface area contributed by atoms with Crippen molar-refractivity contribution >= 4 is 0 Å². The molecule has 0 aromatic heterocycles. The topological polar surface area (TPSA) is 18.5 Å². The molecule has 0 aromatic rings. The summed E-state index contributed by atoms with van der Waals surface area (Å²) >= 11 is 0. The number of hydrogen-bond donors (Lipinski definition) is 0. The maximum atomic E-state index is 6.16. The first kappa shape index (κ1) is 31.9. The molecule has 0 aliphatic heterocycles. The normalized spacial score (nSPS) is 18.0. The number of unbranched alkanes of at least 4 members (excludes halogenated alkanes) is 15. The summed E-state index contributed by atoms with van der Waals surface area (Å²) in [6.07, 6.45) is 30.6. The average Bonchev–Trinajstić information content (AvgIpc) is 3.57. The van der Waals surface area contributed by atoms with Gasteiger partial charge in [0.15, 0.2) is 0 Å². The van der Waals surface area contributed by atoms with E-state index in [0.29, 0.717) is 0 Å². The van der Waals surface area contributed by atoms with E-state index in [9.17, 15) is 0 Å². The zero-order chi connectivity index (χ0) is 24.7. The second-order valence-electron chi connectivity index (χ2n) is 12.0. The first-order valence-corrected chi connectivity index (χ1v) is 15.8. The minimum absolute atomic E-state index is 0.0442. The van der Waals surface area contributed by atoms with Crippen LogP contribution in [0.15, 0.2) is 0 Å². The summed E-state index contributed by atoms with van der Waals surface area (Å²) in [5, 5.41) is 0. The largest absolute Gasteiger partial charge is 0.381 e. The molecule has 2 atom stereocenters. The maximum absolute atomic E-state index is 6.16. The lowest BCUT2D eigenvalue weighted by Gasteiger charge is -2.25. The highest BCUT2D eigenvalue weighted by Gasteiger charge is 2.34. The van der Waals surface area contributed by atoms with Crippen LogP contribution in [0.3, 0.4) is 0 Å². The molecule has 0 aromatic carbocycles. The summed E-state index contributed by atoms with van der Waals surface area (Å²) in [4.78, 5) is 0. The van der Waals surface area contributed by atoms with Crippen LogP contribution in [0.5, 0.6) is 0 Å². The summed E-state index contributed by atoms with van der Waals surface area (Å²) < 4.78 is 12.0. The number of hydrogen-bond acceptors (Lipinski definition) is 2. The molecule has 1 aliphatic rings. The number of ether oxygens (including phenoxy) is 2. The third-order valence-electron chi connectivity index (χ3n) is 7.95. The van der Waals surface area contributed by atoms with Crippen molar-refractivity contribution in [2.75, 3.05) is 19.8 Å². The summed E-state index contributed by atoms with van der Waals surface area (Å²) in [5.74, 6) is 2.20. The highest BCUT2D eigenvalue weighted by atomic mass is 16.5. The number of rotatable bonds is 27. The van der Waals surface area contributed by atoms with Crippen molar-refractivity contribution < 1.29 is 9.47 Å². The van der Waals surface area contributed by atoms with Gasteiger partial charge in [-0.25, -0.2) is 0 Å². The van der Waals surface area contributed by atoms with Gasteiger partial charge in [-0.2, -0.15) is 0 Å². The lowest BCUT2D eigenvalue weighted by Crippen LogP contribution is -2.27. The molecule has 0 N–H and O–H groups in total. The van der Waals surface area contributed by atoms with Crippen LogP contribution in [0.1, 0.15) is 169 Å². The Balaban J connectivity index is 1.79. The van der Waals surface area contributed by atoms with Crippen molar-refractivity contribution in [2.45, 2.75) is 175 Å². The lowest BCUT2D eigenvalue weighted by atomic mass is 10.0. The van der Waals surface area contributed by atoms with Crippen molar-refractivity contribution in [3.05, 3.63) is 0 Å². The second-order valence-corrected chi connectivity index (χ2v) is 12.0. The van der Waals surface area contributed by atoms with Gasteiger partial charge in [0, 0.05) is 19.8 Å². The first-order chi connectivity index (χ1) is 16.6. The molecule has 204 valence electrons. The highest BCUT2D eigenvalue weighted by Crippen LogP contribution is 2.45. The van der Waals surface area contributed by atoms with Crippen molar-refractivity contribution in [1.29, 1.82) is 0 Å². The van der Waals surface area contributed by atoms with Crippen LogP contribution in [-0.2, 0) is 9.47 Å². The standard InChI is InChI=1S/C32H64O2/c1-5-7-9-11-15-19-23-30-29-31(30)24-20-16-13-14-18-22-27-34-32(3,4)25-28-33-26-21-17-12-10-8-6-2/h30-31H,5-29H2,1-4H3. The molecule has 0 radical (unpaired) electrons. The Morgan fingerprint density at radius 2 is 0.971 bits per heavy atom. The van der Waals surface area contributed by atoms with Crippen LogP contribution in [0, 0.1) is 11.8 Å². The van der Waals surface area contributed by atoms with E-state index in [-0.39, 0.29) is 5.60 Å². The second kappa shape index (κ2) is 22.1. The van der Waals surface area contributed by atoms with Gasteiger partial charge in [-0.1, -0.05) is 129 Å². The Kier molecular flexibility index (Phi) is 20.8. The van der Waals surface area contributed by atoms with Crippen LogP contribution in [0.2, 0.25) is 0 Å². The van der Waals surface area contributed by atoms with E-state index in [4.69, 9.17) is 9.47 Å². The molecule has 2 nitrogen and oxygen atoms in total. The predicted molar refractivity (Wildman–Crippen MR) is 151 cm³/mol. The Labute approximate surface area is 215 Å². The van der Waals surface area contributed by atoms with Gasteiger partial charge in [-0.05, 0) is 51.4 Å². The molecule has 2 unspecified atom stereocenters. The van der Waals surface area contributed by atoms with Crippen LogP contribution in [-0.4, -0.2) is 25.4 Å². The van der Waals surface area contributed by atoms with E-state index in [2.05, 4.69) is 27.7 Å². The summed E-state index contributed by atoms with van der Waals surface area (Å²) in [5.41, 5.74) is -0.0442. The fourth-order valence-corrected chi connectivity index (χ4v) is 5.25. The third-order valence-corrected chi connectivity index (χ3v) is 7.95. The molecule has 0 heterocycles. The molecule has 34 heavy (non-hydrogen) atoms. The Bertz CT molecular complexity index is 419. The molecule has 1 fully saturated rings. The molecule has 1 saturated carbocycles. The van der Waals surface area contributed by atoms with Crippen molar-refractivity contribution in [1.82, 2.24) is 0 Å². The monoisotopic (exact) mass is 480 g/mol. The summed E-state index contributed by atoms with van der Waals surface area (Å²) in [7, 11) is 0. The van der Waals surface area contributed by atoms with E-state index in [0.717, 1.165) is 38.1 Å². The van der Waals surface area contributed by atoms with E-state index >= 15 is 0 Å². The quantitative estimate of drug-likeness (QED) is 0.109. The van der Waals surface area contributed by atoms with E-state index in [1.165, 1.54) is 128 Å². The van der Waals surface area contributed by atoms with Gasteiger partial charge in [-0.15, -0.1) is 0 Å². The summed E-state index contributed by atoms with van der Waals surface area (Å²) in [6.45, 7) is 11.7. The fourth-order valence-electron chi connectivity index (χ4n) is 5.25. The van der Waals surface area contributed by atoms with Gasteiger partial charge in [0.1, 0.15) is 0 Å². The Morgan fingerprint density at radius 3 is 1.50 bits per heavy atom. The van der Waals surface area contributed by atoms with Crippen molar-refractivity contribution in [3.8, 4) is 0 Å². The molecule has 0 bridgehead atoms. The SMILES string of the molecule is CCCCCCCCOCCC(C)(C)OCCCCCCCCC1CC1CCCCCCCC. The van der Waals surface area contributed by atoms with Gasteiger partial charge < -0.3 is 9.47 Å². The van der Waals surface area contributed by atoms with Crippen molar-refractivity contribution in [2.24, 2.45) is 11.8 Å². The zero-order valence-corrected chi connectivity index (χ0v) is 24.1. The molecular weight excluding hydrogens is 416 g/mol. The molecule has 2 heteroatoms. The van der Waals surface area contributed by atoms with Crippen LogP contribution < -0.4 is 0 Å². The van der Waals surface area contributed by atoms with Gasteiger partial charge in [-0.3, -0.25) is 0 Å². The highest BCUT2D eigenvalue weighted by molar-refractivity contribution is 4.85. The van der Waals surface area contributed by atoms with Gasteiger partial charge in [0.05, 0.1) is 5.60 Å². The maximum Gasteiger partial charge on any atom is 0.0648 e. The van der Waals surface area contributed by atoms with Crippen LogP contribution in [0.25, 0.3) is 0 Å². The third kappa shape index (κ3) is 20.1. The summed E-state index contributed by atoms with van der Waals surface area (Å²) in [6, 6.07) is 0. The molecule has 0 amide bonds. The van der Waals surface area contributed by atoms with E-state index < -0.39 is 0 Å². The van der Waals surface area contributed by atoms with Gasteiger partial charge >= 0.3 is 0 Å². The van der Waals surface area contributed by atoms with Crippen LogP contribution >= 0.6 is 0 Å². The molecule has 0 saturated heterocycles. The molecule has 0 spiro atoms. The zero-order valence-electron chi connectivity index (χ0n) is 24.1. The Morgan fingerprint density at radius 1 is 0.529 bits per heavy atom. The molecule has 1 aliphatic carbocycles. The van der Waals surface area contributed by atoms with Gasteiger partial charge in [0.2, 0.25) is 0 Å². The minimum Gasteiger partial charge on any atom is -0.381 e. The van der Waals surface area contributed by atoms with E-state index in [1.807, 2.05) is 0 Å². The lowest BCUT2D eigenvalue weighted by molar-refractivity contribution is -0.0422. The van der Waals surface area contributed by atoms with Gasteiger partial charge in [0.25, 0.3) is 0 Å². The van der Waals surface area contributed by atoms with Crippen LogP contribution in [0.4, 0.5) is 0 Å². The smallest absolute Gasteiger partial charge is 0.0648 e. The fraction of sp³-hybridized carbons (Fsp3) is 1.00. The predicted octanol–water partition coefficient (Wildman–Crippen LogP) is 10.7. The molecule has 1 rings (SSSR count).